The second-order valence-electron chi connectivity index (χ2n) is 6.61. The number of carbonyl (C=O) groups excluding carboxylic acids is 1. The number of halogens is 2. The lowest BCUT2D eigenvalue weighted by Gasteiger charge is -2.42. The minimum atomic E-state index is -2.59. The molecule has 2 aliphatic rings. The molecule has 21 heavy (non-hydrogen) atoms. The Balaban J connectivity index is 1.86. The predicted molar refractivity (Wildman–Crippen MR) is 74.8 cm³/mol. The van der Waals surface area contributed by atoms with Gasteiger partial charge in [-0.05, 0) is 26.7 Å². The quantitative estimate of drug-likeness (QED) is 0.786. The van der Waals surface area contributed by atoms with Gasteiger partial charge in [-0.1, -0.05) is 0 Å². The molecule has 118 valence electrons. The van der Waals surface area contributed by atoms with Crippen molar-refractivity contribution in [3.8, 4) is 6.07 Å². The molecule has 1 saturated heterocycles. The van der Waals surface area contributed by atoms with E-state index in [4.69, 9.17) is 5.26 Å². The number of rotatable bonds is 2. The molecular weight excluding hydrogens is 276 g/mol. The standard InChI is InChI=1S/C15H23F2N3O/c1-14(2,11-18)20-9-7-19(8-10-20)13(21)12-3-5-15(16,17)6-4-12/h12H,3-10H2,1-2H3. The predicted octanol–water partition coefficient (Wildman–Crippen LogP) is 2.26. The third kappa shape index (κ3) is 3.70. The van der Waals surface area contributed by atoms with E-state index in [9.17, 15) is 13.6 Å². The Morgan fingerprint density at radius 2 is 1.71 bits per heavy atom. The van der Waals surface area contributed by atoms with Crippen molar-refractivity contribution in [2.24, 2.45) is 5.92 Å². The number of nitrogens with zero attached hydrogens (tertiary/aromatic N) is 3. The maximum atomic E-state index is 13.1. The van der Waals surface area contributed by atoms with Crippen molar-refractivity contribution in [1.29, 1.82) is 5.26 Å². The van der Waals surface area contributed by atoms with Crippen LogP contribution in [0.15, 0.2) is 0 Å². The smallest absolute Gasteiger partial charge is 0.248 e. The van der Waals surface area contributed by atoms with Crippen molar-refractivity contribution in [2.75, 3.05) is 26.2 Å². The molecule has 1 saturated carbocycles. The van der Waals surface area contributed by atoms with Gasteiger partial charge in [0.1, 0.15) is 5.54 Å². The van der Waals surface area contributed by atoms with E-state index >= 15 is 0 Å². The highest BCUT2D eigenvalue weighted by molar-refractivity contribution is 5.79. The summed E-state index contributed by atoms with van der Waals surface area (Å²) in [5.41, 5.74) is -0.526. The van der Waals surface area contributed by atoms with Gasteiger partial charge in [0.2, 0.25) is 11.8 Å². The largest absolute Gasteiger partial charge is 0.340 e. The van der Waals surface area contributed by atoms with Crippen LogP contribution >= 0.6 is 0 Å². The molecule has 1 amide bonds. The number of amides is 1. The summed E-state index contributed by atoms with van der Waals surface area (Å²) in [6.07, 6.45) is 0.223. The van der Waals surface area contributed by atoms with Gasteiger partial charge in [-0.2, -0.15) is 5.26 Å². The van der Waals surface area contributed by atoms with Gasteiger partial charge in [0.25, 0.3) is 0 Å². The monoisotopic (exact) mass is 299 g/mol. The third-order valence-electron chi connectivity index (χ3n) is 4.72. The van der Waals surface area contributed by atoms with Gasteiger partial charge in [-0.25, -0.2) is 8.78 Å². The Bertz CT molecular complexity index is 427. The molecule has 0 radical (unpaired) electrons. The summed E-state index contributed by atoms with van der Waals surface area (Å²) < 4.78 is 26.3. The zero-order valence-electron chi connectivity index (χ0n) is 12.7. The first-order valence-electron chi connectivity index (χ1n) is 7.58. The molecular formula is C15H23F2N3O. The van der Waals surface area contributed by atoms with Gasteiger partial charge in [-0.3, -0.25) is 9.69 Å². The number of hydrogen-bond donors (Lipinski definition) is 0. The van der Waals surface area contributed by atoms with Crippen LogP contribution < -0.4 is 0 Å². The highest BCUT2D eigenvalue weighted by Crippen LogP contribution is 2.37. The summed E-state index contributed by atoms with van der Waals surface area (Å²) in [6, 6.07) is 2.27. The Morgan fingerprint density at radius 3 is 2.19 bits per heavy atom. The van der Waals surface area contributed by atoms with Crippen LogP contribution in [0.3, 0.4) is 0 Å². The number of piperazine rings is 1. The van der Waals surface area contributed by atoms with Crippen LogP contribution in [-0.4, -0.2) is 53.3 Å². The van der Waals surface area contributed by atoms with Crippen LogP contribution in [0.1, 0.15) is 39.5 Å². The molecule has 0 aromatic carbocycles. The van der Waals surface area contributed by atoms with E-state index in [1.165, 1.54) is 0 Å². The summed E-state index contributed by atoms with van der Waals surface area (Å²) in [5.74, 6) is -2.83. The Kier molecular flexibility index (Phi) is 4.52. The molecule has 2 fully saturated rings. The lowest BCUT2D eigenvalue weighted by Crippen LogP contribution is -2.56. The maximum Gasteiger partial charge on any atom is 0.248 e. The van der Waals surface area contributed by atoms with E-state index in [0.29, 0.717) is 26.2 Å². The third-order valence-corrected chi connectivity index (χ3v) is 4.72. The van der Waals surface area contributed by atoms with Crippen LogP contribution in [-0.2, 0) is 4.79 Å². The zero-order valence-corrected chi connectivity index (χ0v) is 12.7. The van der Waals surface area contributed by atoms with Crippen LogP contribution in [0.2, 0.25) is 0 Å². The fourth-order valence-corrected chi connectivity index (χ4v) is 3.10. The summed E-state index contributed by atoms with van der Waals surface area (Å²) >= 11 is 0. The highest BCUT2D eigenvalue weighted by atomic mass is 19.3. The first-order valence-corrected chi connectivity index (χ1v) is 7.58. The van der Waals surface area contributed by atoms with E-state index in [1.54, 1.807) is 4.90 Å². The van der Waals surface area contributed by atoms with Gasteiger partial charge in [0.15, 0.2) is 0 Å². The van der Waals surface area contributed by atoms with Crippen molar-refractivity contribution in [1.82, 2.24) is 9.80 Å². The van der Waals surface area contributed by atoms with Gasteiger partial charge < -0.3 is 4.90 Å². The van der Waals surface area contributed by atoms with Crippen molar-refractivity contribution >= 4 is 5.91 Å². The first-order chi connectivity index (χ1) is 9.75. The van der Waals surface area contributed by atoms with Crippen molar-refractivity contribution < 1.29 is 13.6 Å². The summed E-state index contributed by atoms with van der Waals surface area (Å²) in [6.45, 7) is 6.22. The van der Waals surface area contributed by atoms with Gasteiger partial charge in [0.05, 0.1) is 6.07 Å². The second kappa shape index (κ2) is 5.88. The lowest BCUT2D eigenvalue weighted by molar-refractivity contribution is -0.142. The Labute approximate surface area is 124 Å². The van der Waals surface area contributed by atoms with E-state index in [-0.39, 0.29) is 37.5 Å². The van der Waals surface area contributed by atoms with Crippen LogP contribution in [0.5, 0.6) is 0 Å². The highest BCUT2D eigenvalue weighted by Gasteiger charge is 2.39. The van der Waals surface area contributed by atoms with Crippen LogP contribution in [0.4, 0.5) is 8.78 Å². The lowest BCUT2D eigenvalue weighted by atomic mass is 9.85. The molecule has 1 heterocycles. The average molecular weight is 299 g/mol. The number of alkyl halides is 2. The van der Waals surface area contributed by atoms with Crippen LogP contribution in [0.25, 0.3) is 0 Å². The first kappa shape index (κ1) is 16.2. The van der Waals surface area contributed by atoms with Crippen LogP contribution in [0, 0.1) is 17.2 Å². The van der Waals surface area contributed by atoms with Crippen molar-refractivity contribution in [3.63, 3.8) is 0 Å². The molecule has 1 aliphatic heterocycles. The van der Waals surface area contributed by atoms with Gasteiger partial charge in [-0.15, -0.1) is 0 Å². The molecule has 6 heteroatoms. The fourth-order valence-electron chi connectivity index (χ4n) is 3.10. The van der Waals surface area contributed by atoms with E-state index < -0.39 is 11.5 Å². The molecule has 0 aromatic rings. The average Bonchev–Trinajstić information content (AvgIpc) is 2.47. The summed E-state index contributed by atoms with van der Waals surface area (Å²) in [7, 11) is 0. The topological polar surface area (TPSA) is 47.3 Å². The Hall–Kier alpha value is -1.22. The van der Waals surface area contributed by atoms with E-state index in [0.717, 1.165) is 0 Å². The number of hydrogen-bond acceptors (Lipinski definition) is 3. The molecule has 0 aromatic heterocycles. The van der Waals surface area contributed by atoms with E-state index in [1.807, 2.05) is 13.8 Å². The maximum absolute atomic E-state index is 13.1. The van der Waals surface area contributed by atoms with Gasteiger partial charge >= 0.3 is 0 Å². The molecule has 4 nitrogen and oxygen atoms in total. The summed E-state index contributed by atoms with van der Waals surface area (Å²) in [5, 5.41) is 9.13. The van der Waals surface area contributed by atoms with E-state index in [2.05, 4.69) is 11.0 Å². The number of carbonyl (C=O) groups is 1. The summed E-state index contributed by atoms with van der Waals surface area (Å²) in [4.78, 5) is 16.2. The zero-order chi connectivity index (χ0) is 15.7. The van der Waals surface area contributed by atoms with Crippen molar-refractivity contribution in [3.05, 3.63) is 0 Å². The molecule has 0 atom stereocenters. The minimum Gasteiger partial charge on any atom is -0.340 e. The molecule has 0 spiro atoms. The molecule has 2 rings (SSSR count). The number of nitriles is 1. The molecule has 0 N–H and O–H groups in total. The van der Waals surface area contributed by atoms with Gasteiger partial charge in [0, 0.05) is 44.9 Å². The molecule has 1 aliphatic carbocycles. The fraction of sp³-hybridized carbons (Fsp3) is 0.867. The SMILES string of the molecule is CC(C)(C#N)N1CCN(C(=O)C2CCC(F)(F)CC2)CC1. The minimum absolute atomic E-state index is 0.0138. The molecule has 0 bridgehead atoms. The normalized spacial score (nSPS) is 24.6. The second-order valence-corrected chi connectivity index (χ2v) is 6.61. The molecule has 0 unspecified atom stereocenters. The van der Waals surface area contributed by atoms with Crippen molar-refractivity contribution in [2.45, 2.75) is 51.0 Å². The Morgan fingerprint density at radius 1 is 1.19 bits per heavy atom.